The zero-order valence-corrected chi connectivity index (χ0v) is 20.2. The second kappa shape index (κ2) is 9.24. The molecular weight excluding hydrogens is 466 g/mol. The van der Waals surface area contributed by atoms with Gasteiger partial charge in [-0.05, 0) is 55.1 Å². The summed E-state index contributed by atoms with van der Waals surface area (Å²) < 4.78 is 8.03. The van der Waals surface area contributed by atoms with Crippen LogP contribution >= 0.6 is 22.7 Å². The van der Waals surface area contributed by atoms with Gasteiger partial charge >= 0.3 is 0 Å². The highest BCUT2D eigenvalue weighted by Gasteiger charge is 2.15. The molecule has 2 aromatic heterocycles. The van der Waals surface area contributed by atoms with Gasteiger partial charge in [0, 0.05) is 28.4 Å². The van der Waals surface area contributed by atoms with Crippen molar-refractivity contribution in [3.05, 3.63) is 82.2 Å². The Morgan fingerprint density at radius 3 is 2.53 bits per heavy atom. The summed E-state index contributed by atoms with van der Waals surface area (Å²) in [6.07, 6.45) is 0. The molecule has 2 heterocycles. The SMILES string of the molecule is Cc1nc2c(cc(OCC(=O)Nc3cccc(NC(=O)c4ccccc4)c3C)c3ccsc32)s1. The smallest absolute Gasteiger partial charge is 0.262 e. The summed E-state index contributed by atoms with van der Waals surface area (Å²) in [6.45, 7) is 3.71. The van der Waals surface area contributed by atoms with Crippen LogP contribution in [0.2, 0.25) is 0 Å². The first-order valence-corrected chi connectivity index (χ1v) is 12.4. The number of carbonyl (C=O) groups is 2. The zero-order valence-electron chi connectivity index (χ0n) is 18.5. The van der Waals surface area contributed by atoms with Gasteiger partial charge in [-0.3, -0.25) is 9.59 Å². The van der Waals surface area contributed by atoms with Gasteiger partial charge < -0.3 is 15.4 Å². The second-order valence-corrected chi connectivity index (χ2v) is 9.90. The third-order valence-corrected chi connectivity index (χ3v) is 7.26. The minimum atomic E-state index is -0.279. The van der Waals surface area contributed by atoms with Crippen molar-refractivity contribution in [2.24, 2.45) is 0 Å². The van der Waals surface area contributed by atoms with Crippen molar-refractivity contribution in [2.45, 2.75) is 13.8 Å². The standard InChI is InChI=1S/C26H21N3O3S2/c1-15-19(9-6-10-20(15)29-26(31)17-7-4-3-5-8-17)28-23(30)14-32-21-13-22-24(27-16(2)34-22)25-18(21)11-12-33-25/h3-13H,14H2,1-2H3,(H,28,30)(H,29,31). The molecule has 34 heavy (non-hydrogen) atoms. The molecule has 0 aliphatic carbocycles. The fraction of sp³-hybridized carbons (Fsp3) is 0.115. The maximum absolute atomic E-state index is 12.7. The number of fused-ring (bicyclic) bond motifs is 3. The quantitative estimate of drug-likeness (QED) is 0.290. The molecule has 2 N–H and O–H groups in total. The molecule has 5 rings (SSSR count). The minimum Gasteiger partial charge on any atom is -0.483 e. The number of amides is 2. The number of nitrogens with zero attached hydrogens (tertiary/aromatic N) is 1. The van der Waals surface area contributed by atoms with Gasteiger partial charge in [0.1, 0.15) is 5.75 Å². The van der Waals surface area contributed by atoms with Crippen molar-refractivity contribution in [3.63, 3.8) is 0 Å². The molecular formula is C26H21N3O3S2. The van der Waals surface area contributed by atoms with Gasteiger partial charge in [0.25, 0.3) is 11.8 Å². The summed E-state index contributed by atoms with van der Waals surface area (Å²) in [5.41, 5.74) is 3.57. The lowest BCUT2D eigenvalue weighted by molar-refractivity contribution is -0.118. The average molecular weight is 488 g/mol. The van der Waals surface area contributed by atoms with Gasteiger partial charge in [-0.25, -0.2) is 4.98 Å². The molecule has 3 aromatic carbocycles. The van der Waals surface area contributed by atoms with Crippen LogP contribution in [0.15, 0.2) is 66.0 Å². The number of aromatic nitrogens is 1. The Kier molecular flexibility index (Phi) is 6.00. The maximum atomic E-state index is 12.7. The minimum absolute atomic E-state index is 0.131. The zero-order chi connectivity index (χ0) is 23.7. The molecule has 5 aromatic rings. The van der Waals surface area contributed by atoms with E-state index in [1.54, 1.807) is 46.9 Å². The number of ether oxygens (including phenoxy) is 1. The number of hydrogen-bond acceptors (Lipinski definition) is 6. The van der Waals surface area contributed by atoms with Crippen molar-refractivity contribution < 1.29 is 14.3 Å². The van der Waals surface area contributed by atoms with Gasteiger partial charge in [0.2, 0.25) is 0 Å². The molecule has 8 heteroatoms. The largest absolute Gasteiger partial charge is 0.483 e. The number of benzene rings is 3. The molecule has 0 bridgehead atoms. The van der Waals surface area contributed by atoms with E-state index in [9.17, 15) is 9.59 Å². The Morgan fingerprint density at radius 2 is 1.74 bits per heavy atom. The Morgan fingerprint density at radius 1 is 0.971 bits per heavy atom. The molecule has 2 amide bonds. The Labute approximate surface area is 204 Å². The number of hydrogen-bond donors (Lipinski definition) is 2. The van der Waals surface area contributed by atoms with Gasteiger partial charge in [-0.15, -0.1) is 22.7 Å². The Hall–Kier alpha value is -3.75. The number of thiophene rings is 1. The van der Waals surface area contributed by atoms with Gasteiger partial charge in [0.15, 0.2) is 6.61 Å². The van der Waals surface area contributed by atoms with E-state index < -0.39 is 0 Å². The summed E-state index contributed by atoms with van der Waals surface area (Å²) in [7, 11) is 0. The number of thiazole rings is 1. The molecule has 0 atom stereocenters. The highest BCUT2D eigenvalue weighted by atomic mass is 32.1. The van der Waals surface area contributed by atoms with E-state index in [1.807, 2.05) is 55.6 Å². The third-order valence-electron chi connectivity index (χ3n) is 5.42. The molecule has 6 nitrogen and oxygen atoms in total. The van der Waals surface area contributed by atoms with Gasteiger partial charge in [-0.2, -0.15) is 0 Å². The van der Waals surface area contributed by atoms with Crippen LogP contribution in [0.1, 0.15) is 20.9 Å². The van der Waals surface area contributed by atoms with Crippen molar-refractivity contribution in [2.75, 3.05) is 17.2 Å². The van der Waals surface area contributed by atoms with Crippen LogP contribution < -0.4 is 15.4 Å². The van der Waals surface area contributed by atoms with Crippen LogP contribution in [-0.2, 0) is 4.79 Å². The predicted molar refractivity (Wildman–Crippen MR) is 139 cm³/mol. The molecule has 0 saturated carbocycles. The van der Waals surface area contributed by atoms with Crippen molar-refractivity contribution in [3.8, 4) is 5.75 Å². The number of carbonyl (C=O) groups excluding carboxylic acids is 2. The summed E-state index contributed by atoms with van der Waals surface area (Å²) in [6, 6.07) is 18.3. The molecule has 0 saturated heterocycles. The van der Waals surface area contributed by atoms with Crippen molar-refractivity contribution >= 4 is 66.2 Å². The number of rotatable bonds is 6. The molecule has 0 fully saturated rings. The Balaban J connectivity index is 1.29. The van der Waals surface area contributed by atoms with E-state index in [4.69, 9.17) is 4.74 Å². The van der Waals surface area contributed by atoms with Crippen molar-refractivity contribution in [1.29, 1.82) is 0 Å². The third kappa shape index (κ3) is 4.37. The predicted octanol–water partition coefficient (Wildman–Crippen LogP) is 6.40. The first kappa shape index (κ1) is 22.1. The first-order valence-electron chi connectivity index (χ1n) is 10.7. The molecule has 0 aliphatic rings. The van der Waals surface area contributed by atoms with E-state index >= 15 is 0 Å². The van der Waals surface area contributed by atoms with Crippen molar-refractivity contribution in [1.82, 2.24) is 4.98 Å². The lowest BCUT2D eigenvalue weighted by atomic mass is 10.1. The molecule has 0 aliphatic heterocycles. The van der Waals surface area contributed by atoms with Crippen LogP contribution in [0.25, 0.3) is 20.3 Å². The van der Waals surface area contributed by atoms with E-state index in [2.05, 4.69) is 15.6 Å². The molecule has 170 valence electrons. The number of nitrogens with one attached hydrogen (secondary N) is 2. The van der Waals surface area contributed by atoms with E-state index in [1.165, 1.54) is 0 Å². The average Bonchev–Trinajstić information content (AvgIpc) is 3.46. The number of anilines is 2. The Bertz CT molecular complexity index is 1520. The topological polar surface area (TPSA) is 80.3 Å². The highest BCUT2D eigenvalue weighted by molar-refractivity contribution is 7.21. The van der Waals surface area contributed by atoms with Gasteiger partial charge in [0.05, 0.1) is 19.9 Å². The molecule has 0 spiro atoms. The normalized spacial score (nSPS) is 11.0. The fourth-order valence-electron chi connectivity index (χ4n) is 3.73. The summed E-state index contributed by atoms with van der Waals surface area (Å²) in [4.78, 5) is 29.8. The highest BCUT2D eigenvalue weighted by Crippen LogP contribution is 2.38. The van der Waals surface area contributed by atoms with Crippen LogP contribution in [0.4, 0.5) is 11.4 Å². The summed E-state index contributed by atoms with van der Waals surface area (Å²) >= 11 is 3.23. The first-order chi connectivity index (χ1) is 16.5. The van der Waals surface area contributed by atoms with E-state index in [0.29, 0.717) is 22.7 Å². The van der Waals surface area contributed by atoms with E-state index in [-0.39, 0.29) is 18.4 Å². The number of aryl methyl sites for hydroxylation is 1. The summed E-state index contributed by atoms with van der Waals surface area (Å²) in [5.74, 6) is 0.186. The van der Waals surface area contributed by atoms with E-state index in [0.717, 1.165) is 30.9 Å². The van der Waals surface area contributed by atoms with Crippen LogP contribution in [0, 0.1) is 13.8 Å². The van der Waals surface area contributed by atoms with Crippen LogP contribution in [-0.4, -0.2) is 23.4 Å². The van der Waals surface area contributed by atoms with Crippen LogP contribution in [0.5, 0.6) is 5.75 Å². The molecule has 0 unspecified atom stereocenters. The van der Waals surface area contributed by atoms with Crippen LogP contribution in [0.3, 0.4) is 0 Å². The van der Waals surface area contributed by atoms with Gasteiger partial charge in [-0.1, -0.05) is 24.3 Å². The lowest BCUT2D eigenvalue weighted by Crippen LogP contribution is -2.21. The fourth-order valence-corrected chi connectivity index (χ4v) is 5.56. The monoisotopic (exact) mass is 487 g/mol. The maximum Gasteiger partial charge on any atom is 0.262 e. The lowest BCUT2D eigenvalue weighted by Gasteiger charge is -2.14. The molecule has 0 radical (unpaired) electrons. The summed E-state index contributed by atoms with van der Waals surface area (Å²) in [5, 5.41) is 9.76. The second-order valence-electron chi connectivity index (χ2n) is 7.75.